The minimum Gasteiger partial charge on any atom is -0.302 e. The Morgan fingerprint density at radius 1 is 1.30 bits per heavy atom. The van der Waals surface area contributed by atoms with Crippen LogP contribution in [0.1, 0.15) is 5.56 Å². The lowest BCUT2D eigenvalue weighted by molar-refractivity contribution is -0.115. The van der Waals surface area contributed by atoms with Crippen LogP contribution >= 0.6 is 22.7 Å². The van der Waals surface area contributed by atoms with Crippen molar-refractivity contribution < 1.29 is 13.6 Å². The monoisotopic (exact) mass is 310 g/mol. The summed E-state index contributed by atoms with van der Waals surface area (Å²) in [4.78, 5) is 15.9. The van der Waals surface area contributed by atoms with Gasteiger partial charge in [0.05, 0.1) is 16.6 Å². The summed E-state index contributed by atoms with van der Waals surface area (Å²) >= 11 is 2.63. The molecule has 102 valence electrons. The lowest BCUT2D eigenvalue weighted by Gasteiger charge is -1.98. The maximum atomic E-state index is 13.1. The van der Waals surface area contributed by atoms with Crippen molar-refractivity contribution in [3.8, 4) is 0 Å². The summed E-state index contributed by atoms with van der Waals surface area (Å²) in [7, 11) is 0. The quantitative estimate of drug-likeness (QED) is 0.799. The number of nitrogens with one attached hydrogen (secondary N) is 1. The molecule has 0 bridgehead atoms. The molecule has 0 aliphatic rings. The summed E-state index contributed by atoms with van der Waals surface area (Å²) in [5.74, 6) is -2.07. The zero-order valence-corrected chi connectivity index (χ0v) is 11.7. The van der Waals surface area contributed by atoms with Gasteiger partial charge in [-0.2, -0.15) is 11.3 Å². The van der Waals surface area contributed by atoms with Crippen molar-refractivity contribution in [1.82, 2.24) is 4.98 Å². The molecule has 3 rings (SSSR count). The number of amides is 1. The van der Waals surface area contributed by atoms with Gasteiger partial charge in [-0.1, -0.05) is 11.3 Å². The Morgan fingerprint density at radius 3 is 2.85 bits per heavy atom. The number of carbonyl (C=O) groups excluding carboxylic acids is 1. The van der Waals surface area contributed by atoms with E-state index in [0.717, 1.165) is 29.0 Å². The van der Waals surface area contributed by atoms with E-state index in [9.17, 15) is 13.6 Å². The van der Waals surface area contributed by atoms with E-state index in [0.29, 0.717) is 15.3 Å². The molecule has 1 aromatic carbocycles. The lowest BCUT2D eigenvalue weighted by Crippen LogP contribution is -2.13. The Hall–Kier alpha value is -1.86. The van der Waals surface area contributed by atoms with Crippen molar-refractivity contribution in [3.63, 3.8) is 0 Å². The van der Waals surface area contributed by atoms with E-state index in [1.165, 1.54) is 11.3 Å². The molecular formula is C13H8F2N2OS2. The van der Waals surface area contributed by atoms with E-state index in [2.05, 4.69) is 10.3 Å². The van der Waals surface area contributed by atoms with Crippen LogP contribution in [0.15, 0.2) is 29.0 Å². The number of aromatic nitrogens is 1. The zero-order valence-electron chi connectivity index (χ0n) is 10.0. The molecule has 2 heterocycles. The first-order valence-corrected chi connectivity index (χ1v) is 7.44. The van der Waals surface area contributed by atoms with Gasteiger partial charge >= 0.3 is 0 Å². The smallest absolute Gasteiger partial charge is 0.230 e. The molecule has 2 aromatic heterocycles. The Morgan fingerprint density at radius 2 is 2.10 bits per heavy atom. The van der Waals surface area contributed by atoms with E-state index in [1.54, 1.807) is 0 Å². The molecule has 1 N–H and O–H groups in total. The number of halogens is 2. The first-order valence-electron chi connectivity index (χ1n) is 5.68. The number of benzene rings is 1. The van der Waals surface area contributed by atoms with E-state index >= 15 is 0 Å². The highest BCUT2D eigenvalue weighted by atomic mass is 32.1. The van der Waals surface area contributed by atoms with Crippen molar-refractivity contribution in [2.45, 2.75) is 6.42 Å². The molecule has 7 heteroatoms. The molecule has 0 atom stereocenters. The zero-order chi connectivity index (χ0) is 14.1. The SMILES string of the molecule is O=C(Cc1ccsc1)Nc1nc2cc(F)c(F)cc2s1. The van der Waals surface area contributed by atoms with E-state index in [1.807, 2.05) is 16.8 Å². The van der Waals surface area contributed by atoms with Gasteiger partial charge in [-0.25, -0.2) is 13.8 Å². The molecule has 0 aliphatic heterocycles. The highest BCUT2D eigenvalue weighted by Gasteiger charge is 2.11. The molecular weight excluding hydrogens is 302 g/mol. The van der Waals surface area contributed by atoms with E-state index < -0.39 is 11.6 Å². The third-order valence-corrected chi connectivity index (χ3v) is 4.29. The average molecular weight is 310 g/mol. The summed E-state index contributed by atoms with van der Waals surface area (Å²) in [6.45, 7) is 0. The van der Waals surface area contributed by atoms with Gasteiger partial charge in [0.15, 0.2) is 16.8 Å². The van der Waals surface area contributed by atoms with E-state index in [-0.39, 0.29) is 12.3 Å². The number of nitrogens with zero attached hydrogens (tertiary/aromatic N) is 1. The number of hydrogen-bond acceptors (Lipinski definition) is 4. The van der Waals surface area contributed by atoms with Crippen molar-refractivity contribution in [3.05, 3.63) is 46.2 Å². The normalized spacial score (nSPS) is 10.9. The number of anilines is 1. The largest absolute Gasteiger partial charge is 0.302 e. The number of thiazole rings is 1. The topological polar surface area (TPSA) is 42.0 Å². The highest BCUT2D eigenvalue weighted by Crippen LogP contribution is 2.27. The fraction of sp³-hybridized carbons (Fsp3) is 0.0769. The summed E-state index contributed by atoms with van der Waals surface area (Å²) in [5, 5.41) is 6.76. The van der Waals surface area contributed by atoms with Gasteiger partial charge in [-0.05, 0) is 28.5 Å². The third kappa shape index (κ3) is 2.68. The summed E-state index contributed by atoms with van der Waals surface area (Å²) < 4.78 is 26.7. The fourth-order valence-corrected chi connectivity index (χ4v) is 3.28. The molecule has 3 aromatic rings. The second-order valence-corrected chi connectivity index (χ2v) is 5.92. The maximum Gasteiger partial charge on any atom is 0.230 e. The minimum atomic E-state index is -0.945. The fourth-order valence-electron chi connectivity index (χ4n) is 1.72. The van der Waals surface area contributed by atoms with Crippen LogP contribution in [0.4, 0.5) is 13.9 Å². The van der Waals surface area contributed by atoms with Gasteiger partial charge in [0, 0.05) is 6.07 Å². The lowest BCUT2D eigenvalue weighted by atomic mass is 10.2. The molecule has 20 heavy (non-hydrogen) atoms. The Balaban J connectivity index is 1.79. The van der Waals surface area contributed by atoms with Crippen molar-refractivity contribution in [2.24, 2.45) is 0 Å². The standard InChI is InChI=1S/C13H8F2N2OS2/c14-8-4-10-11(5-9(8)15)20-13(16-10)17-12(18)3-7-1-2-19-6-7/h1-2,4-6H,3H2,(H,16,17,18). The molecule has 3 nitrogen and oxygen atoms in total. The molecule has 0 unspecified atom stereocenters. The molecule has 0 saturated carbocycles. The number of fused-ring (bicyclic) bond motifs is 1. The number of carbonyl (C=O) groups is 1. The predicted molar refractivity (Wildman–Crippen MR) is 76.2 cm³/mol. The maximum absolute atomic E-state index is 13.1. The van der Waals surface area contributed by atoms with Gasteiger partial charge in [0.2, 0.25) is 5.91 Å². The van der Waals surface area contributed by atoms with Crippen LogP contribution in [0.2, 0.25) is 0 Å². The predicted octanol–water partition coefficient (Wildman–Crippen LogP) is 3.82. The first kappa shape index (κ1) is 13.1. The molecule has 0 saturated heterocycles. The van der Waals surface area contributed by atoms with Crippen LogP contribution in [-0.4, -0.2) is 10.9 Å². The van der Waals surface area contributed by atoms with Gasteiger partial charge in [0.25, 0.3) is 0 Å². The molecule has 0 radical (unpaired) electrons. The first-order chi connectivity index (χ1) is 9.61. The van der Waals surface area contributed by atoms with Gasteiger partial charge in [-0.3, -0.25) is 4.79 Å². The van der Waals surface area contributed by atoms with Crippen LogP contribution < -0.4 is 5.32 Å². The second kappa shape index (κ2) is 5.26. The highest BCUT2D eigenvalue weighted by molar-refractivity contribution is 7.22. The summed E-state index contributed by atoms with van der Waals surface area (Å²) in [6, 6.07) is 3.97. The average Bonchev–Trinajstić information content (AvgIpc) is 2.99. The van der Waals surface area contributed by atoms with Crippen LogP contribution in [0, 0.1) is 11.6 Å². The third-order valence-electron chi connectivity index (χ3n) is 2.62. The van der Waals surface area contributed by atoms with Crippen LogP contribution in [0.5, 0.6) is 0 Å². The Bertz CT molecular complexity index is 729. The number of hydrogen-bond donors (Lipinski definition) is 1. The Kier molecular flexibility index (Phi) is 3.45. The van der Waals surface area contributed by atoms with Crippen molar-refractivity contribution in [2.75, 3.05) is 5.32 Å². The molecule has 0 spiro atoms. The number of rotatable bonds is 3. The van der Waals surface area contributed by atoms with Crippen molar-refractivity contribution in [1.29, 1.82) is 0 Å². The minimum absolute atomic E-state index is 0.205. The van der Waals surface area contributed by atoms with Crippen LogP contribution in [0.25, 0.3) is 10.2 Å². The molecule has 0 aliphatic carbocycles. The molecule has 0 fully saturated rings. The summed E-state index contributed by atoms with van der Waals surface area (Å²) in [5.41, 5.74) is 1.26. The van der Waals surface area contributed by atoms with E-state index in [4.69, 9.17) is 0 Å². The second-order valence-electron chi connectivity index (χ2n) is 4.11. The van der Waals surface area contributed by atoms with Gasteiger partial charge < -0.3 is 5.32 Å². The van der Waals surface area contributed by atoms with Crippen LogP contribution in [0.3, 0.4) is 0 Å². The molecule has 1 amide bonds. The summed E-state index contributed by atoms with van der Waals surface area (Å²) in [6.07, 6.45) is 0.252. The van der Waals surface area contributed by atoms with Gasteiger partial charge in [-0.15, -0.1) is 0 Å². The van der Waals surface area contributed by atoms with Gasteiger partial charge in [0.1, 0.15) is 0 Å². The van der Waals surface area contributed by atoms with Crippen LogP contribution in [-0.2, 0) is 11.2 Å². The van der Waals surface area contributed by atoms with Crippen molar-refractivity contribution >= 4 is 43.9 Å². The Labute approximate surface area is 120 Å². The number of thiophene rings is 1.